The van der Waals surface area contributed by atoms with Crippen molar-refractivity contribution in [2.75, 3.05) is 27.3 Å². The zero-order valence-corrected chi connectivity index (χ0v) is 12.2. The summed E-state index contributed by atoms with van der Waals surface area (Å²) in [6, 6.07) is 0. The fourth-order valence-electron chi connectivity index (χ4n) is 1.45. The highest BCUT2D eigenvalue weighted by molar-refractivity contribution is 7.71. The lowest BCUT2D eigenvalue weighted by molar-refractivity contribution is 0.219. The summed E-state index contributed by atoms with van der Waals surface area (Å²) in [7, 11) is -6.54. The van der Waals surface area contributed by atoms with Crippen molar-refractivity contribution in [3.8, 4) is 0 Å². The molecule has 7 nitrogen and oxygen atoms in total. The highest BCUT2D eigenvalue weighted by atomic mass is 31.2. The van der Waals surface area contributed by atoms with Gasteiger partial charge in [-0.25, -0.2) is 0 Å². The third-order valence-corrected chi connectivity index (χ3v) is 6.74. The smallest absolute Gasteiger partial charge is 0.323 e. The predicted octanol–water partition coefficient (Wildman–Crippen LogP) is 1.61. The van der Waals surface area contributed by atoms with Crippen LogP contribution in [0.5, 0.6) is 0 Å². The van der Waals surface area contributed by atoms with Gasteiger partial charge >= 0.3 is 15.2 Å². The van der Waals surface area contributed by atoms with Crippen LogP contribution in [-0.2, 0) is 18.2 Å². The van der Waals surface area contributed by atoms with E-state index < -0.39 is 20.7 Å². The van der Waals surface area contributed by atoms with Gasteiger partial charge in [0.1, 0.15) is 0 Å². The van der Waals surface area contributed by atoms with Crippen molar-refractivity contribution in [2.24, 2.45) is 0 Å². The Morgan fingerprint density at radius 2 is 1.56 bits per heavy atom. The summed E-state index contributed by atoms with van der Waals surface area (Å²) >= 11 is 0. The topological polar surface area (TPSA) is 96.3 Å². The summed E-state index contributed by atoms with van der Waals surface area (Å²) in [6.07, 6.45) is 2.86. The minimum absolute atomic E-state index is 0.110. The maximum atomic E-state index is 12.2. The van der Waals surface area contributed by atoms with Crippen LogP contribution in [0.3, 0.4) is 0 Å². The molecule has 0 rings (SSSR count). The van der Waals surface area contributed by atoms with Crippen LogP contribution >= 0.6 is 15.2 Å². The van der Waals surface area contributed by atoms with E-state index in [4.69, 9.17) is 0 Å². The Morgan fingerprint density at radius 1 is 1.17 bits per heavy atom. The summed E-state index contributed by atoms with van der Waals surface area (Å²) in [5, 5.41) is 0. The molecule has 9 heteroatoms. The molecule has 0 aromatic heterocycles. The SMILES string of the molecule is C=CCN(CC=C)C(P(=O)(O)O)P(=O)(OC)OC. The molecular weight excluding hydrogens is 280 g/mol. The zero-order valence-electron chi connectivity index (χ0n) is 10.4. The van der Waals surface area contributed by atoms with Gasteiger partial charge in [-0.15, -0.1) is 13.2 Å². The molecule has 0 amide bonds. The van der Waals surface area contributed by atoms with E-state index in [2.05, 4.69) is 22.2 Å². The number of hydrogen-bond acceptors (Lipinski definition) is 5. The van der Waals surface area contributed by atoms with Crippen molar-refractivity contribution in [1.82, 2.24) is 4.90 Å². The number of rotatable bonds is 9. The monoisotopic (exact) mass is 299 g/mol. The second kappa shape index (κ2) is 7.36. The Labute approximate surface area is 107 Å². The Hall–Kier alpha value is -0.260. The normalized spacial score (nSPS) is 14.5. The first-order valence-electron chi connectivity index (χ1n) is 4.99. The molecule has 0 heterocycles. The number of nitrogens with zero attached hydrogens (tertiary/aromatic N) is 1. The molecule has 0 saturated heterocycles. The standard InChI is InChI=1S/C9H19NO6P2/c1-5-7-10(8-6-2)9(17(11,12)13)18(14,15-3)16-4/h5-6,9H,1-2,7-8H2,3-4H3,(H2,11,12,13). The summed E-state index contributed by atoms with van der Waals surface area (Å²) in [4.78, 5) is 20.0. The third kappa shape index (κ3) is 4.44. The van der Waals surface area contributed by atoms with E-state index >= 15 is 0 Å². The maximum Gasteiger partial charge on any atom is 0.359 e. The summed E-state index contributed by atoms with van der Waals surface area (Å²) in [6.45, 7) is 7.18. The molecule has 0 aromatic rings. The van der Waals surface area contributed by atoms with Crippen molar-refractivity contribution >= 4 is 15.2 Å². The summed E-state index contributed by atoms with van der Waals surface area (Å²) in [5.74, 6) is 0. The van der Waals surface area contributed by atoms with Crippen LogP contribution in [0.2, 0.25) is 0 Å². The van der Waals surface area contributed by atoms with Gasteiger partial charge in [0.25, 0.3) is 0 Å². The van der Waals surface area contributed by atoms with Gasteiger partial charge in [0.2, 0.25) is 5.52 Å². The van der Waals surface area contributed by atoms with Gasteiger partial charge in [0, 0.05) is 27.3 Å². The van der Waals surface area contributed by atoms with Gasteiger partial charge in [0.15, 0.2) is 0 Å². The minimum Gasteiger partial charge on any atom is -0.323 e. The Bertz CT molecular complexity index is 361. The lowest BCUT2D eigenvalue weighted by atomic mass is 10.5. The molecule has 0 aliphatic rings. The van der Waals surface area contributed by atoms with Crippen LogP contribution in [0.1, 0.15) is 0 Å². The third-order valence-electron chi connectivity index (χ3n) is 2.15. The fourth-order valence-corrected chi connectivity index (χ4v) is 5.22. The Morgan fingerprint density at radius 3 is 1.78 bits per heavy atom. The molecule has 0 aromatic carbocycles. The molecule has 0 radical (unpaired) electrons. The van der Waals surface area contributed by atoms with Crippen LogP contribution < -0.4 is 0 Å². The molecule has 1 atom stereocenters. The predicted molar refractivity (Wildman–Crippen MR) is 69.4 cm³/mol. The van der Waals surface area contributed by atoms with Crippen LogP contribution in [0, 0.1) is 0 Å². The van der Waals surface area contributed by atoms with Gasteiger partial charge in [0.05, 0.1) is 0 Å². The molecular formula is C9H19NO6P2. The van der Waals surface area contributed by atoms with Crippen molar-refractivity contribution in [2.45, 2.75) is 5.52 Å². The van der Waals surface area contributed by atoms with Crippen LogP contribution in [0.4, 0.5) is 0 Å². The van der Waals surface area contributed by atoms with E-state index in [1.807, 2.05) is 0 Å². The van der Waals surface area contributed by atoms with E-state index in [1.54, 1.807) is 0 Å². The minimum atomic E-state index is -4.73. The molecule has 2 N–H and O–H groups in total. The molecule has 0 bridgehead atoms. The quantitative estimate of drug-likeness (QED) is 0.493. The average Bonchev–Trinajstić information content (AvgIpc) is 2.27. The Kier molecular flexibility index (Phi) is 7.25. The summed E-state index contributed by atoms with van der Waals surface area (Å²) < 4.78 is 33.1. The van der Waals surface area contributed by atoms with E-state index in [1.165, 1.54) is 17.1 Å². The average molecular weight is 299 g/mol. The lowest BCUT2D eigenvalue weighted by Crippen LogP contribution is -2.36. The van der Waals surface area contributed by atoms with Crippen molar-refractivity contribution < 1.29 is 28.0 Å². The lowest BCUT2D eigenvalue weighted by Gasteiger charge is -2.33. The number of hydrogen-bond donors (Lipinski definition) is 2. The molecule has 0 spiro atoms. The first-order chi connectivity index (χ1) is 8.26. The van der Waals surface area contributed by atoms with Crippen LogP contribution in [0.15, 0.2) is 25.3 Å². The highest BCUT2D eigenvalue weighted by Gasteiger charge is 2.49. The largest absolute Gasteiger partial charge is 0.359 e. The second-order valence-electron chi connectivity index (χ2n) is 3.37. The van der Waals surface area contributed by atoms with E-state index in [0.717, 1.165) is 14.2 Å². The van der Waals surface area contributed by atoms with Gasteiger partial charge in [-0.2, -0.15) is 0 Å². The molecule has 1 unspecified atom stereocenters. The van der Waals surface area contributed by atoms with E-state index in [-0.39, 0.29) is 13.1 Å². The molecule has 0 fully saturated rings. The van der Waals surface area contributed by atoms with Gasteiger partial charge < -0.3 is 18.8 Å². The summed E-state index contributed by atoms with van der Waals surface area (Å²) in [5.41, 5.74) is -1.68. The zero-order chi connectivity index (χ0) is 14.4. The maximum absolute atomic E-state index is 12.2. The van der Waals surface area contributed by atoms with Crippen LogP contribution in [0.25, 0.3) is 0 Å². The van der Waals surface area contributed by atoms with Crippen LogP contribution in [-0.4, -0.2) is 47.5 Å². The second-order valence-corrected chi connectivity index (χ2v) is 7.75. The molecule has 0 aliphatic heterocycles. The molecule has 0 aliphatic carbocycles. The van der Waals surface area contributed by atoms with Gasteiger partial charge in [-0.1, -0.05) is 12.2 Å². The highest BCUT2D eigenvalue weighted by Crippen LogP contribution is 2.66. The first-order valence-corrected chi connectivity index (χ1v) is 8.28. The fraction of sp³-hybridized carbons (Fsp3) is 0.556. The molecule has 106 valence electrons. The van der Waals surface area contributed by atoms with E-state index in [9.17, 15) is 18.9 Å². The van der Waals surface area contributed by atoms with Gasteiger partial charge in [-0.3, -0.25) is 14.0 Å². The van der Waals surface area contributed by atoms with E-state index in [0.29, 0.717) is 0 Å². The van der Waals surface area contributed by atoms with Gasteiger partial charge in [-0.05, 0) is 0 Å². The molecule has 18 heavy (non-hydrogen) atoms. The first kappa shape index (κ1) is 17.7. The van der Waals surface area contributed by atoms with Crippen molar-refractivity contribution in [1.29, 1.82) is 0 Å². The molecule has 0 saturated carbocycles. The van der Waals surface area contributed by atoms with Crippen molar-refractivity contribution in [3.63, 3.8) is 0 Å². The Balaban J connectivity index is 5.59. The van der Waals surface area contributed by atoms with Crippen molar-refractivity contribution in [3.05, 3.63) is 25.3 Å².